The third-order valence-electron chi connectivity index (χ3n) is 6.20. The lowest BCUT2D eigenvalue weighted by atomic mass is 9.96. The van der Waals surface area contributed by atoms with Crippen LogP contribution in [0.4, 0.5) is 10.5 Å². The maximum absolute atomic E-state index is 12.2. The summed E-state index contributed by atoms with van der Waals surface area (Å²) in [4.78, 5) is 36.2. The number of anilines is 1. The molecule has 7 nitrogen and oxygen atoms in total. The molecule has 1 spiro atoms. The van der Waals surface area contributed by atoms with Crippen molar-refractivity contribution < 1.29 is 14.4 Å². The first-order chi connectivity index (χ1) is 17.0. The van der Waals surface area contributed by atoms with E-state index in [0.29, 0.717) is 12.8 Å². The second-order valence-electron chi connectivity index (χ2n) is 8.40. The summed E-state index contributed by atoms with van der Waals surface area (Å²) >= 11 is 0. The Balaban J connectivity index is 0.000000815. The van der Waals surface area contributed by atoms with E-state index in [1.54, 1.807) is 0 Å². The first kappa shape index (κ1) is 25.6. The number of hydrogen-bond donors (Lipinski definition) is 3. The van der Waals surface area contributed by atoms with Crippen molar-refractivity contribution >= 4 is 24.4 Å². The molecule has 1 aromatic heterocycles. The monoisotopic (exact) mass is 472 g/mol. The lowest BCUT2D eigenvalue weighted by Gasteiger charge is -2.18. The lowest BCUT2D eigenvalue weighted by molar-refractivity contribution is -0.123. The highest BCUT2D eigenvalue weighted by Gasteiger charge is 2.49. The SMILES string of the molecule is C=O.CC.Cc1ccccc1-c1cncc(CCNc2ccc3c(c2)CC2(C3)NC(=O)NC2=O)c1. The first-order valence-electron chi connectivity index (χ1n) is 11.8. The van der Waals surface area contributed by atoms with Gasteiger partial charge in [0, 0.05) is 43.0 Å². The van der Waals surface area contributed by atoms with Gasteiger partial charge in [0.15, 0.2) is 0 Å². The standard InChI is InChI=1S/C25H24N4O2.C2H6.CH2O/c1-16-4-2-3-5-22(16)20-10-17(14-26-15-20)8-9-27-21-7-6-18-12-25(13-19(18)11-21)23(30)28-24(31)29-25;2*1-2/h2-7,10-11,14-15,27H,8-9,12-13H2,1H3,(H2,28,29,30,31);1-2H3;1H2. The number of urea groups is 1. The minimum absolute atomic E-state index is 0.232. The number of amides is 3. The molecule has 1 fully saturated rings. The summed E-state index contributed by atoms with van der Waals surface area (Å²) in [5.74, 6) is -0.232. The molecule has 7 heteroatoms. The number of rotatable bonds is 5. The Morgan fingerprint density at radius 3 is 2.46 bits per heavy atom. The number of aryl methyl sites for hydroxylation is 1. The average molecular weight is 473 g/mol. The van der Waals surface area contributed by atoms with E-state index in [-0.39, 0.29) is 5.91 Å². The van der Waals surface area contributed by atoms with Crippen LogP contribution in [0.3, 0.4) is 0 Å². The highest BCUT2D eigenvalue weighted by molar-refractivity contribution is 6.07. The number of carbonyl (C=O) groups is 3. The van der Waals surface area contributed by atoms with Gasteiger partial charge < -0.3 is 15.4 Å². The molecule has 5 rings (SSSR count). The summed E-state index contributed by atoms with van der Waals surface area (Å²) in [7, 11) is 0. The van der Waals surface area contributed by atoms with Crippen molar-refractivity contribution in [2.24, 2.45) is 0 Å². The zero-order valence-corrected chi connectivity index (χ0v) is 20.5. The van der Waals surface area contributed by atoms with Gasteiger partial charge in [0.05, 0.1) is 0 Å². The Bertz CT molecular complexity index is 1210. The van der Waals surface area contributed by atoms with Gasteiger partial charge in [-0.3, -0.25) is 15.1 Å². The number of hydrogen-bond acceptors (Lipinski definition) is 5. The van der Waals surface area contributed by atoms with E-state index in [4.69, 9.17) is 4.79 Å². The molecule has 35 heavy (non-hydrogen) atoms. The molecule has 2 aliphatic rings. The van der Waals surface area contributed by atoms with Gasteiger partial charge in [-0.2, -0.15) is 0 Å². The van der Waals surface area contributed by atoms with Crippen molar-refractivity contribution in [1.29, 1.82) is 0 Å². The van der Waals surface area contributed by atoms with Gasteiger partial charge in [-0.25, -0.2) is 4.79 Å². The molecule has 1 aliphatic heterocycles. The molecule has 3 N–H and O–H groups in total. The van der Waals surface area contributed by atoms with Crippen molar-refractivity contribution in [1.82, 2.24) is 15.6 Å². The maximum atomic E-state index is 12.2. The van der Waals surface area contributed by atoms with Crippen LogP contribution in [0.15, 0.2) is 60.9 Å². The number of imide groups is 1. The van der Waals surface area contributed by atoms with Crippen LogP contribution in [0.1, 0.15) is 36.1 Å². The smallest absolute Gasteiger partial charge is 0.322 e. The zero-order chi connectivity index (χ0) is 25.4. The van der Waals surface area contributed by atoms with E-state index in [9.17, 15) is 9.59 Å². The molecular weight excluding hydrogens is 440 g/mol. The molecule has 182 valence electrons. The molecule has 1 unspecified atom stereocenters. The van der Waals surface area contributed by atoms with Gasteiger partial charge in [0.25, 0.3) is 5.91 Å². The Kier molecular flexibility index (Phi) is 8.36. The van der Waals surface area contributed by atoms with Crippen LogP contribution >= 0.6 is 0 Å². The van der Waals surface area contributed by atoms with Gasteiger partial charge in [0.2, 0.25) is 0 Å². The minimum Gasteiger partial charge on any atom is -0.385 e. The van der Waals surface area contributed by atoms with E-state index in [0.717, 1.165) is 35.3 Å². The van der Waals surface area contributed by atoms with Crippen LogP contribution in [-0.2, 0) is 28.9 Å². The number of pyridine rings is 1. The summed E-state index contributed by atoms with van der Waals surface area (Å²) in [6.07, 6.45) is 5.74. The predicted molar refractivity (Wildman–Crippen MR) is 138 cm³/mol. The summed E-state index contributed by atoms with van der Waals surface area (Å²) < 4.78 is 0. The molecule has 3 aromatic rings. The average Bonchev–Trinajstić information content (AvgIpc) is 3.38. The van der Waals surface area contributed by atoms with Gasteiger partial charge in [0.1, 0.15) is 12.3 Å². The molecule has 1 atom stereocenters. The summed E-state index contributed by atoms with van der Waals surface area (Å²) in [5, 5.41) is 8.64. The molecular formula is C28H32N4O3. The second-order valence-corrected chi connectivity index (χ2v) is 8.40. The lowest BCUT2D eigenvalue weighted by Crippen LogP contribution is -2.47. The minimum atomic E-state index is -0.820. The van der Waals surface area contributed by atoms with E-state index < -0.39 is 11.6 Å². The van der Waals surface area contributed by atoms with Crippen molar-refractivity contribution in [2.75, 3.05) is 11.9 Å². The Labute approximate surface area is 206 Å². The fraction of sp³-hybridized carbons (Fsp3) is 0.286. The van der Waals surface area contributed by atoms with E-state index >= 15 is 0 Å². The number of fused-ring (bicyclic) bond motifs is 1. The van der Waals surface area contributed by atoms with Gasteiger partial charge in [-0.15, -0.1) is 0 Å². The quantitative estimate of drug-likeness (QED) is 0.483. The summed E-state index contributed by atoms with van der Waals surface area (Å²) in [6.45, 7) is 8.89. The third-order valence-corrected chi connectivity index (χ3v) is 6.20. The topological polar surface area (TPSA) is 100 Å². The van der Waals surface area contributed by atoms with Crippen LogP contribution in [0.25, 0.3) is 11.1 Å². The van der Waals surface area contributed by atoms with Gasteiger partial charge in [-0.1, -0.05) is 44.2 Å². The molecule has 0 bridgehead atoms. The second kappa shape index (κ2) is 11.4. The van der Waals surface area contributed by atoms with E-state index in [2.05, 4.69) is 58.2 Å². The maximum Gasteiger partial charge on any atom is 0.322 e. The Morgan fingerprint density at radius 1 is 1.00 bits per heavy atom. The number of nitrogens with one attached hydrogen (secondary N) is 3. The van der Waals surface area contributed by atoms with Gasteiger partial charge >= 0.3 is 6.03 Å². The highest BCUT2D eigenvalue weighted by Crippen LogP contribution is 2.34. The Morgan fingerprint density at radius 2 is 1.74 bits per heavy atom. The molecule has 3 amide bonds. The fourth-order valence-electron chi connectivity index (χ4n) is 4.58. The highest BCUT2D eigenvalue weighted by atomic mass is 16.2. The van der Waals surface area contributed by atoms with E-state index in [1.807, 2.05) is 51.2 Å². The number of carbonyl (C=O) groups excluding carboxylic acids is 3. The van der Waals surface area contributed by atoms with E-state index in [1.165, 1.54) is 16.7 Å². The first-order valence-corrected chi connectivity index (χ1v) is 11.8. The fourth-order valence-corrected chi connectivity index (χ4v) is 4.58. The van der Waals surface area contributed by atoms with Crippen molar-refractivity contribution in [3.63, 3.8) is 0 Å². The van der Waals surface area contributed by atoms with Crippen LogP contribution < -0.4 is 16.0 Å². The molecule has 2 heterocycles. The predicted octanol–water partition coefficient (Wildman–Crippen LogP) is 4.23. The largest absolute Gasteiger partial charge is 0.385 e. The molecule has 2 aromatic carbocycles. The zero-order valence-electron chi connectivity index (χ0n) is 20.5. The van der Waals surface area contributed by atoms with Crippen molar-refractivity contribution in [3.8, 4) is 11.1 Å². The van der Waals surface area contributed by atoms with Crippen molar-refractivity contribution in [3.05, 3.63) is 83.2 Å². The van der Waals surface area contributed by atoms with Crippen molar-refractivity contribution in [2.45, 2.75) is 45.6 Å². The van der Waals surface area contributed by atoms with Gasteiger partial charge in [-0.05, 0) is 59.4 Å². The summed E-state index contributed by atoms with van der Waals surface area (Å²) in [5.41, 5.74) is 7.17. The third kappa shape index (κ3) is 5.57. The van der Waals surface area contributed by atoms with Crippen LogP contribution in [-0.4, -0.2) is 35.8 Å². The van der Waals surface area contributed by atoms with Crippen LogP contribution in [0.2, 0.25) is 0 Å². The number of aromatic nitrogens is 1. The van der Waals surface area contributed by atoms with Crippen LogP contribution in [0, 0.1) is 6.92 Å². The number of benzene rings is 2. The molecule has 0 radical (unpaired) electrons. The number of nitrogens with zero attached hydrogens (tertiary/aromatic N) is 1. The summed E-state index contributed by atoms with van der Waals surface area (Å²) in [6, 6.07) is 16.3. The molecule has 1 saturated heterocycles. The molecule has 1 aliphatic carbocycles. The molecule has 0 saturated carbocycles. The Hall–Kier alpha value is -4.00. The normalized spacial score (nSPS) is 17.3. The van der Waals surface area contributed by atoms with Crippen LogP contribution in [0.5, 0.6) is 0 Å².